The zero-order valence-electron chi connectivity index (χ0n) is 15.6. The summed E-state index contributed by atoms with van der Waals surface area (Å²) in [5, 5.41) is 3.96. The lowest BCUT2D eigenvalue weighted by molar-refractivity contribution is -0.123. The minimum atomic E-state index is -0.392. The van der Waals surface area contributed by atoms with Gasteiger partial charge >= 0.3 is 0 Å². The molecular formula is C21H22FN3O2. The molecule has 0 fully saturated rings. The van der Waals surface area contributed by atoms with Gasteiger partial charge in [-0.2, -0.15) is 5.10 Å². The quantitative estimate of drug-likeness (QED) is 0.649. The summed E-state index contributed by atoms with van der Waals surface area (Å²) in [4.78, 5) is 13.9. The van der Waals surface area contributed by atoms with E-state index in [0.717, 1.165) is 5.70 Å². The molecule has 0 saturated carbocycles. The van der Waals surface area contributed by atoms with Crippen LogP contribution < -0.4 is 15.1 Å². The monoisotopic (exact) mass is 367 g/mol. The predicted molar refractivity (Wildman–Crippen MR) is 104 cm³/mol. The van der Waals surface area contributed by atoms with Gasteiger partial charge in [0.15, 0.2) is 6.61 Å². The first-order valence-corrected chi connectivity index (χ1v) is 8.64. The van der Waals surface area contributed by atoms with Crippen molar-refractivity contribution in [3.05, 3.63) is 71.7 Å². The largest absolute Gasteiger partial charge is 0.484 e. The lowest BCUT2D eigenvalue weighted by atomic mass is 9.84. The van der Waals surface area contributed by atoms with Gasteiger partial charge in [0.1, 0.15) is 11.6 Å². The van der Waals surface area contributed by atoms with Gasteiger partial charge in [-0.3, -0.25) is 4.79 Å². The molecule has 0 radical (unpaired) electrons. The van der Waals surface area contributed by atoms with Gasteiger partial charge in [0.25, 0.3) is 5.91 Å². The predicted octanol–water partition coefficient (Wildman–Crippen LogP) is 3.62. The van der Waals surface area contributed by atoms with Crippen LogP contribution in [0.4, 0.5) is 10.1 Å². The normalized spacial score (nSPS) is 16.6. The Labute approximate surface area is 158 Å². The van der Waals surface area contributed by atoms with Crippen LogP contribution in [0.1, 0.15) is 19.4 Å². The van der Waals surface area contributed by atoms with E-state index < -0.39 is 5.91 Å². The van der Waals surface area contributed by atoms with E-state index in [1.165, 1.54) is 35.5 Å². The molecule has 0 aromatic heterocycles. The van der Waals surface area contributed by atoms with Gasteiger partial charge in [0.05, 0.1) is 0 Å². The highest BCUT2D eigenvalue weighted by molar-refractivity contribution is 5.82. The summed E-state index contributed by atoms with van der Waals surface area (Å²) >= 11 is 0. The van der Waals surface area contributed by atoms with Crippen LogP contribution in [0.5, 0.6) is 5.75 Å². The number of allylic oxidation sites excluding steroid dienone is 2. The van der Waals surface area contributed by atoms with Gasteiger partial charge in [0, 0.05) is 30.1 Å². The number of hydrogen-bond donors (Lipinski definition) is 1. The van der Waals surface area contributed by atoms with Crippen LogP contribution in [-0.2, 0) is 10.2 Å². The first kappa shape index (κ1) is 18.6. The lowest BCUT2D eigenvalue weighted by Gasteiger charge is -2.23. The third kappa shape index (κ3) is 4.00. The maximum Gasteiger partial charge on any atom is 0.277 e. The van der Waals surface area contributed by atoms with Gasteiger partial charge in [-0.25, -0.2) is 9.82 Å². The molecule has 1 aliphatic rings. The molecule has 0 atom stereocenters. The van der Waals surface area contributed by atoms with Crippen molar-refractivity contribution in [3.8, 4) is 5.75 Å². The van der Waals surface area contributed by atoms with Crippen LogP contribution in [0.25, 0.3) is 0 Å². The molecule has 5 nitrogen and oxygen atoms in total. The number of fused-ring (bicyclic) bond motifs is 1. The third-order valence-corrected chi connectivity index (χ3v) is 4.62. The number of rotatable bonds is 5. The van der Waals surface area contributed by atoms with E-state index in [-0.39, 0.29) is 17.8 Å². The van der Waals surface area contributed by atoms with E-state index in [1.54, 1.807) is 6.21 Å². The standard InChI is InChI=1S/C21H22FN3O2/c1-21(2)17-6-4-5-7-18(17)25(3)19(21)12-13-23-24-20(26)14-27-16-10-8-15(22)9-11-16/h4-13H,14H2,1-3H3,(H,24,26)/b19-12-,23-13-. The first-order valence-electron chi connectivity index (χ1n) is 8.64. The SMILES string of the molecule is CN1/C(=C\C=N/NC(=O)COc2ccc(F)cc2)C(C)(C)c2ccccc21. The molecule has 140 valence electrons. The highest BCUT2D eigenvalue weighted by Gasteiger charge is 2.37. The van der Waals surface area contributed by atoms with Crippen molar-refractivity contribution in [2.75, 3.05) is 18.6 Å². The number of anilines is 1. The second kappa shape index (κ2) is 7.61. The zero-order valence-corrected chi connectivity index (χ0v) is 15.6. The summed E-state index contributed by atoms with van der Waals surface area (Å²) in [6, 6.07) is 13.7. The molecule has 0 unspecified atom stereocenters. The molecule has 1 N–H and O–H groups in total. The number of carbonyl (C=O) groups is 1. The van der Waals surface area contributed by atoms with Crippen LogP contribution >= 0.6 is 0 Å². The van der Waals surface area contributed by atoms with Crippen molar-refractivity contribution in [1.82, 2.24) is 5.43 Å². The van der Waals surface area contributed by atoms with E-state index in [2.05, 4.69) is 41.4 Å². The van der Waals surface area contributed by atoms with Gasteiger partial charge < -0.3 is 9.64 Å². The molecule has 2 aromatic carbocycles. The lowest BCUT2D eigenvalue weighted by Crippen LogP contribution is -2.25. The third-order valence-electron chi connectivity index (χ3n) is 4.62. The zero-order chi connectivity index (χ0) is 19.4. The minimum absolute atomic E-state index is 0.146. The van der Waals surface area contributed by atoms with Gasteiger partial charge in [-0.1, -0.05) is 32.0 Å². The molecular weight excluding hydrogens is 345 g/mol. The molecule has 3 rings (SSSR count). The minimum Gasteiger partial charge on any atom is -0.484 e. The average molecular weight is 367 g/mol. The molecule has 1 amide bonds. The van der Waals surface area contributed by atoms with Crippen LogP contribution in [0.2, 0.25) is 0 Å². The molecule has 1 aliphatic heterocycles. The van der Waals surface area contributed by atoms with Gasteiger partial charge in [-0.05, 0) is 42.0 Å². The van der Waals surface area contributed by atoms with Crippen molar-refractivity contribution < 1.29 is 13.9 Å². The van der Waals surface area contributed by atoms with Crippen LogP contribution in [0.15, 0.2) is 65.4 Å². The fourth-order valence-electron chi connectivity index (χ4n) is 3.23. The van der Waals surface area contributed by atoms with E-state index in [9.17, 15) is 9.18 Å². The Kier molecular flexibility index (Phi) is 5.26. The number of likely N-dealkylation sites (N-methyl/N-ethyl adjacent to an activating group) is 1. The summed E-state index contributed by atoms with van der Waals surface area (Å²) in [5.41, 5.74) is 5.78. The molecule has 0 spiro atoms. The molecule has 6 heteroatoms. The van der Waals surface area contributed by atoms with Crippen molar-refractivity contribution >= 4 is 17.8 Å². The molecule has 27 heavy (non-hydrogen) atoms. The fraction of sp³-hybridized carbons (Fsp3) is 0.238. The topological polar surface area (TPSA) is 53.9 Å². The molecule has 0 saturated heterocycles. The number of nitrogens with zero attached hydrogens (tertiary/aromatic N) is 2. The summed E-state index contributed by atoms with van der Waals surface area (Å²) < 4.78 is 18.1. The van der Waals surface area contributed by atoms with Gasteiger partial charge in [-0.15, -0.1) is 0 Å². The Balaban J connectivity index is 1.57. The fourth-order valence-corrected chi connectivity index (χ4v) is 3.23. The number of amides is 1. The maximum atomic E-state index is 12.8. The highest BCUT2D eigenvalue weighted by atomic mass is 19.1. The second-order valence-corrected chi connectivity index (χ2v) is 6.81. The Morgan fingerprint density at radius 2 is 1.93 bits per heavy atom. The van der Waals surface area contributed by atoms with Crippen molar-refractivity contribution in [2.45, 2.75) is 19.3 Å². The molecule has 0 bridgehead atoms. The number of nitrogens with one attached hydrogen (secondary N) is 1. The van der Waals surface area contributed by atoms with E-state index >= 15 is 0 Å². The van der Waals surface area contributed by atoms with E-state index in [1.807, 2.05) is 25.3 Å². The number of carbonyl (C=O) groups excluding carboxylic acids is 1. The summed E-state index contributed by atoms with van der Waals surface area (Å²) in [7, 11) is 2.02. The van der Waals surface area contributed by atoms with E-state index in [0.29, 0.717) is 5.75 Å². The first-order chi connectivity index (χ1) is 12.9. The Bertz CT molecular complexity index is 889. The van der Waals surface area contributed by atoms with Crippen LogP contribution in [0, 0.1) is 5.82 Å². The Morgan fingerprint density at radius 3 is 2.63 bits per heavy atom. The number of hydrazone groups is 1. The number of ether oxygens (including phenoxy) is 1. The number of para-hydroxylation sites is 1. The Hall–Kier alpha value is -3.15. The summed E-state index contributed by atoms with van der Waals surface area (Å²) in [6.45, 7) is 4.12. The van der Waals surface area contributed by atoms with Crippen LogP contribution in [0.3, 0.4) is 0 Å². The van der Waals surface area contributed by atoms with Crippen LogP contribution in [-0.4, -0.2) is 25.8 Å². The average Bonchev–Trinajstić information content (AvgIpc) is 2.85. The summed E-state index contributed by atoms with van der Waals surface area (Å²) in [6.07, 6.45) is 3.45. The molecule has 0 aliphatic carbocycles. The highest BCUT2D eigenvalue weighted by Crippen LogP contribution is 2.46. The maximum absolute atomic E-state index is 12.8. The number of halogens is 1. The Morgan fingerprint density at radius 1 is 1.22 bits per heavy atom. The number of hydrogen-bond acceptors (Lipinski definition) is 4. The van der Waals surface area contributed by atoms with E-state index in [4.69, 9.17) is 4.74 Å². The second-order valence-electron chi connectivity index (χ2n) is 6.81. The van der Waals surface area contributed by atoms with Crippen molar-refractivity contribution in [1.29, 1.82) is 0 Å². The van der Waals surface area contributed by atoms with Crippen molar-refractivity contribution in [3.63, 3.8) is 0 Å². The molecule has 1 heterocycles. The number of benzene rings is 2. The van der Waals surface area contributed by atoms with Gasteiger partial charge in [0.2, 0.25) is 0 Å². The molecule has 2 aromatic rings. The van der Waals surface area contributed by atoms with Crippen molar-refractivity contribution in [2.24, 2.45) is 5.10 Å². The summed E-state index contributed by atoms with van der Waals surface area (Å²) in [5.74, 6) is -0.326. The smallest absolute Gasteiger partial charge is 0.277 e.